The van der Waals surface area contributed by atoms with E-state index in [1.807, 2.05) is 20.1 Å². The van der Waals surface area contributed by atoms with E-state index < -0.39 is 12.0 Å². The van der Waals surface area contributed by atoms with Gasteiger partial charge >= 0.3 is 5.97 Å². The molecule has 1 amide bonds. The van der Waals surface area contributed by atoms with Gasteiger partial charge in [-0.25, -0.2) is 4.79 Å². The zero-order valence-corrected chi connectivity index (χ0v) is 10.7. The maximum Gasteiger partial charge on any atom is 0.326 e. The first kappa shape index (κ1) is 15.2. The molecule has 5 nitrogen and oxygen atoms in total. The molecule has 16 heavy (non-hydrogen) atoms. The predicted molar refractivity (Wildman–Crippen MR) is 63.7 cm³/mol. The molecule has 0 aromatic rings. The molecule has 0 aliphatic rings. The normalized spacial score (nSPS) is 12.5. The van der Waals surface area contributed by atoms with E-state index in [1.54, 1.807) is 11.8 Å². The van der Waals surface area contributed by atoms with E-state index in [4.69, 9.17) is 9.84 Å². The largest absolute Gasteiger partial charge is 0.480 e. The molecule has 0 unspecified atom stereocenters. The summed E-state index contributed by atoms with van der Waals surface area (Å²) in [5.41, 5.74) is 0. The van der Waals surface area contributed by atoms with E-state index in [-0.39, 0.29) is 18.6 Å². The third-order valence-electron chi connectivity index (χ3n) is 1.79. The van der Waals surface area contributed by atoms with Gasteiger partial charge in [0.15, 0.2) is 0 Å². The fourth-order valence-electron chi connectivity index (χ4n) is 0.971. The molecule has 0 aliphatic heterocycles. The molecule has 2 N–H and O–H groups in total. The first-order valence-corrected chi connectivity index (χ1v) is 6.49. The van der Waals surface area contributed by atoms with Crippen LogP contribution in [-0.4, -0.2) is 47.7 Å². The highest BCUT2D eigenvalue weighted by molar-refractivity contribution is 7.98. The second-order valence-electron chi connectivity index (χ2n) is 3.60. The Kier molecular flexibility index (Phi) is 8.01. The molecule has 0 heterocycles. The Balaban J connectivity index is 3.98. The van der Waals surface area contributed by atoms with Crippen molar-refractivity contribution in [2.75, 3.05) is 18.6 Å². The van der Waals surface area contributed by atoms with E-state index in [9.17, 15) is 9.59 Å². The number of carbonyl (C=O) groups excluding carboxylic acids is 1. The van der Waals surface area contributed by atoms with E-state index in [0.717, 1.165) is 0 Å². The second-order valence-corrected chi connectivity index (χ2v) is 4.59. The Labute approximate surface area is 99.9 Å². The summed E-state index contributed by atoms with van der Waals surface area (Å²) in [4.78, 5) is 22.1. The Morgan fingerprint density at radius 2 is 2.06 bits per heavy atom. The van der Waals surface area contributed by atoms with Crippen LogP contribution in [0.4, 0.5) is 0 Å². The molecule has 94 valence electrons. The SMILES string of the molecule is CSCC[C@H](NC(=O)COC(C)C)C(=O)O. The summed E-state index contributed by atoms with van der Waals surface area (Å²) < 4.78 is 5.08. The van der Waals surface area contributed by atoms with Gasteiger partial charge in [0.05, 0.1) is 6.10 Å². The fourth-order valence-corrected chi connectivity index (χ4v) is 1.44. The maximum absolute atomic E-state index is 11.3. The topological polar surface area (TPSA) is 75.6 Å². The van der Waals surface area contributed by atoms with Gasteiger partial charge in [-0.1, -0.05) is 0 Å². The van der Waals surface area contributed by atoms with Crippen molar-refractivity contribution in [3.63, 3.8) is 0 Å². The molecule has 0 aromatic carbocycles. The highest BCUT2D eigenvalue weighted by Gasteiger charge is 2.19. The Bertz CT molecular complexity index is 233. The van der Waals surface area contributed by atoms with Gasteiger partial charge in [0, 0.05) is 0 Å². The number of aliphatic carboxylic acids is 1. The second kappa shape index (κ2) is 8.41. The minimum Gasteiger partial charge on any atom is -0.480 e. The summed E-state index contributed by atoms with van der Waals surface area (Å²) in [6.07, 6.45) is 2.27. The fraction of sp³-hybridized carbons (Fsp3) is 0.800. The molecule has 0 saturated heterocycles. The van der Waals surface area contributed by atoms with Gasteiger partial charge < -0.3 is 15.2 Å². The van der Waals surface area contributed by atoms with Crippen LogP contribution >= 0.6 is 11.8 Å². The number of nitrogens with one attached hydrogen (secondary N) is 1. The highest BCUT2D eigenvalue weighted by atomic mass is 32.2. The number of carbonyl (C=O) groups is 2. The quantitative estimate of drug-likeness (QED) is 0.663. The zero-order valence-electron chi connectivity index (χ0n) is 9.86. The summed E-state index contributed by atoms with van der Waals surface area (Å²) in [7, 11) is 0. The molecule has 0 aromatic heterocycles. The van der Waals surface area contributed by atoms with Crippen molar-refractivity contribution in [1.82, 2.24) is 5.32 Å². The highest BCUT2D eigenvalue weighted by Crippen LogP contribution is 2.01. The van der Waals surface area contributed by atoms with Gasteiger partial charge in [0.25, 0.3) is 0 Å². The van der Waals surface area contributed by atoms with E-state index in [1.165, 1.54) is 0 Å². The molecular weight excluding hydrogens is 230 g/mol. The summed E-state index contributed by atoms with van der Waals surface area (Å²) in [6.45, 7) is 3.53. The average molecular weight is 249 g/mol. The lowest BCUT2D eigenvalue weighted by atomic mass is 10.2. The van der Waals surface area contributed by atoms with Crippen molar-refractivity contribution in [3.8, 4) is 0 Å². The molecule has 0 spiro atoms. The van der Waals surface area contributed by atoms with Crippen LogP contribution in [0.3, 0.4) is 0 Å². The lowest BCUT2D eigenvalue weighted by Crippen LogP contribution is -2.43. The van der Waals surface area contributed by atoms with Crippen molar-refractivity contribution in [1.29, 1.82) is 0 Å². The lowest BCUT2D eigenvalue weighted by Gasteiger charge is -2.14. The van der Waals surface area contributed by atoms with Crippen LogP contribution < -0.4 is 5.32 Å². The van der Waals surface area contributed by atoms with Crippen LogP contribution in [0, 0.1) is 0 Å². The number of amides is 1. The van der Waals surface area contributed by atoms with Crippen molar-refractivity contribution in [2.45, 2.75) is 32.4 Å². The molecule has 0 bridgehead atoms. The lowest BCUT2D eigenvalue weighted by molar-refractivity contribution is -0.142. The van der Waals surface area contributed by atoms with Crippen LogP contribution in [-0.2, 0) is 14.3 Å². The zero-order chi connectivity index (χ0) is 12.6. The van der Waals surface area contributed by atoms with Crippen molar-refractivity contribution in [3.05, 3.63) is 0 Å². The summed E-state index contributed by atoms with van der Waals surface area (Å²) in [5.74, 6) is -0.698. The number of ether oxygens (including phenoxy) is 1. The molecule has 0 saturated carbocycles. The van der Waals surface area contributed by atoms with Crippen LogP contribution in [0.2, 0.25) is 0 Å². The van der Waals surface area contributed by atoms with E-state index in [0.29, 0.717) is 12.2 Å². The molecule has 1 atom stereocenters. The third kappa shape index (κ3) is 7.53. The number of hydrogen-bond acceptors (Lipinski definition) is 4. The van der Waals surface area contributed by atoms with Crippen LogP contribution in [0.1, 0.15) is 20.3 Å². The summed E-state index contributed by atoms with van der Waals surface area (Å²) in [6, 6.07) is -0.823. The third-order valence-corrected chi connectivity index (χ3v) is 2.44. The van der Waals surface area contributed by atoms with Gasteiger partial charge in [-0.05, 0) is 32.3 Å². The smallest absolute Gasteiger partial charge is 0.326 e. The Hall–Kier alpha value is -0.750. The molecule has 0 fully saturated rings. The maximum atomic E-state index is 11.3. The van der Waals surface area contributed by atoms with E-state index in [2.05, 4.69) is 5.32 Å². The Morgan fingerprint density at radius 3 is 2.50 bits per heavy atom. The van der Waals surface area contributed by atoms with Crippen molar-refractivity contribution in [2.24, 2.45) is 0 Å². The molecule has 0 radical (unpaired) electrons. The van der Waals surface area contributed by atoms with Gasteiger partial charge in [-0.3, -0.25) is 4.79 Å². The first-order valence-electron chi connectivity index (χ1n) is 5.10. The number of hydrogen-bond donors (Lipinski definition) is 2. The van der Waals surface area contributed by atoms with Crippen molar-refractivity contribution >= 4 is 23.6 Å². The number of carboxylic acids is 1. The summed E-state index contributed by atoms with van der Waals surface area (Å²) >= 11 is 1.55. The van der Waals surface area contributed by atoms with Crippen LogP contribution in [0.5, 0.6) is 0 Å². The van der Waals surface area contributed by atoms with E-state index >= 15 is 0 Å². The molecular formula is C10H19NO4S. The van der Waals surface area contributed by atoms with Crippen molar-refractivity contribution < 1.29 is 19.4 Å². The molecule has 6 heteroatoms. The minimum atomic E-state index is -1.01. The number of carboxylic acid groups (broad SMARTS) is 1. The Morgan fingerprint density at radius 1 is 1.44 bits per heavy atom. The monoisotopic (exact) mass is 249 g/mol. The first-order chi connectivity index (χ1) is 7.47. The van der Waals surface area contributed by atoms with Crippen LogP contribution in [0.15, 0.2) is 0 Å². The average Bonchev–Trinajstić information content (AvgIpc) is 2.20. The molecule has 0 rings (SSSR count). The minimum absolute atomic E-state index is 0.0415. The number of rotatable bonds is 8. The van der Waals surface area contributed by atoms with Gasteiger partial charge in [-0.2, -0.15) is 11.8 Å². The van der Waals surface area contributed by atoms with Gasteiger partial charge in [-0.15, -0.1) is 0 Å². The standard InChI is InChI=1S/C10H19NO4S/c1-7(2)15-6-9(12)11-8(10(13)14)4-5-16-3/h7-8H,4-6H2,1-3H3,(H,11,12)(H,13,14)/t8-/m0/s1. The number of thioether (sulfide) groups is 1. The predicted octanol–water partition coefficient (Wildman–Crippen LogP) is 0.734. The van der Waals surface area contributed by atoms with Crippen LogP contribution in [0.25, 0.3) is 0 Å². The van der Waals surface area contributed by atoms with Gasteiger partial charge in [0.2, 0.25) is 5.91 Å². The van der Waals surface area contributed by atoms with Gasteiger partial charge in [0.1, 0.15) is 12.6 Å². The summed E-state index contributed by atoms with van der Waals surface area (Å²) in [5, 5.41) is 11.3. The molecule has 0 aliphatic carbocycles.